The summed E-state index contributed by atoms with van der Waals surface area (Å²) >= 11 is 0. The molecule has 0 bridgehead atoms. The van der Waals surface area contributed by atoms with Crippen LogP contribution in [0, 0.1) is 5.92 Å². The van der Waals surface area contributed by atoms with E-state index in [-0.39, 0.29) is 18.6 Å². The van der Waals surface area contributed by atoms with E-state index >= 15 is 0 Å². The van der Waals surface area contributed by atoms with Crippen LogP contribution in [-0.4, -0.2) is 78.1 Å². The molecule has 146 valence electrons. The van der Waals surface area contributed by atoms with Gasteiger partial charge in [0.2, 0.25) is 5.91 Å². The zero-order chi connectivity index (χ0) is 18.4. The van der Waals surface area contributed by atoms with E-state index in [1.54, 1.807) is 12.5 Å². The Morgan fingerprint density at radius 1 is 1.23 bits per heavy atom. The lowest BCUT2D eigenvalue weighted by atomic mass is 9.92. The minimum atomic E-state index is 0.157. The minimum Gasteiger partial charge on any atom is -0.472 e. The number of piperidine rings is 1. The van der Waals surface area contributed by atoms with Gasteiger partial charge in [-0.05, 0) is 57.8 Å². The van der Waals surface area contributed by atoms with Crippen molar-refractivity contribution in [1.82, 2.24) is 14.7 Å². The average Bonchev–Trinajstić information content (AvgIpc) is 3.16. The van der Waals surface area contributed by atoms with Crippen molar-refractivity contribution in [3.05, 3.63) is 24.2 Å². The number of amides is 1. The Hall–Kier alpha value is -1.37. The maximum atomic E-state index is 12.7. The molecular formula is C20H33N3O3. The van der Waals surface area contributed by atoms with Crippen LogP contribution < -0.4 is 0 Å². The van der Waals surface area contributed by atoms with E-state index in [1.165, 1.54) is 12.8 Å². The van der Waals surface area contributed by atoms with E-state index in [0.29, 0.717) is 18.8 Å². The maximum absolute atomic E-state index is 12.7. The summed E-state index contributed by atoms with van der Waals surface area (Å²) in [5.74, 6) is 0.987. The molecule has 2 fully saturated rings. The van der Waals surface area contributed by atoms with E-state index in [1.807, 2.05) is 11.0 Å². The quantitative estimate of drug-likeness (QED) is 0.800. The van der Waals surface area contributed by atoms with Crippen LogP contribution in [0.1, 0.15) is 37.7 Å². The van der Waals surface area contributed by atoms with Crippen molar-refractivity contribution < 1.29 is 14.3 Å². The molecule has 2 aliphatic heterocycles. The first-order valence-corrected chi connectivity index (χ1v) is 9.98. The predicted octanol–water partition coefficient (Wildman–Crippen LogP) is 1.80. The smallest absolute Gasteiger partial charge is 0.222 e. The molecule has 0 aromatic carbocycles. The topological polar surface area (TPSA) is 60.2 Å². The van der Waals surface area contributed by atoms with Gasteiger partial charge in [-0.15, -0.1) is 0 Å². The molecule has 1 N–H and O–H groups in total. The number of piperazine rings is 1. The molecule has 1 aromatic heterocycles. The van der Waals surface area contributed by atoms with Crippen LogP contribution >= 0.6 is 0 Å². The van der Waals surface area contributed by atoms with E-state index in [9.17, 15) is 9.90 Å². The van der Waals surface area contributed by atoms with Gasteiger partial charge < -0.3 is 19.3 Å². The first-order valence-electron chi connectivity index (χ1n) is 9.98. The van der Waals surface area contributed by atoms with Crippen LogP contribution in [0.5, 0.6) is 0 Å². The number of likely N-dealkylation sites (tertiary alicyclic amines) is 1. The summed E-state index contributed by atoms with van der Waals surface area (Å²) in [6.07, 6.45) is 8.30. The summed E-state index contributed by atoms with van der Waals surface area (Å²) in [5.41, 5.74) is 1.15. The largest absolute Gasteiger partial charge is 0.472 e. The van der Waals surface area contributed by atoms with Gasteiger partial charge in [0.1, 0.15) is 0 Å². The second kappa shape index (κ2) is 9.53. The van der Waals surface area contributed by atoms with Crippen molar-refractivity contribution in [3.8, 4) is 0 Å². The lowest BCUT2D eigenvalue weighted by molar-refractivity contribution is -0.135. The first-order chi connectivity index (χ1) is 12.7. The number of aliphatic hydroxyl groups is 1. The highest BCUT2D eigenvalue weighted by molar-refractivity contribution is 5.76. The summed E-state index contributed by atoms with van der Waals surface area (Å²) in [7, 11) is 2.17. The van der Waals surface area contributed by atoms with Gasteiger partial charge in [-0.2, -0.15) is 0 Å². The summed E-state index contributed by atoms with van der Waals surface area (Å²) in [6, 6.07) is 2.20. The molecule has 2 saturated heterocycles. The zero-order valence-electron chi connectivity index (χ0n) is 16.0. The monoisotopic (exact) mass is 363 g/mol. The Kier molecular flexibility index (Phi) is 7.11. The molecule has 0 spiro atoms. The highest BCUT2D eigenvalue weighted by Crippen LogP contribution is 2.23. The van der Waals surface area contributed by atoms with Crippen molar-refractivity contribution in [3.63, 3.8) is 0 Å². The van der Waals surface area contributed by atoms with Crippen LogP contribution in [0.4, 0.5) is 0 Å². The molecule has 0 radical (unpaired) electrons. The third kappa shape index (κ3) is 5.32. The first kappa shape index (κ1) is 19.4. The third-order valence-corrected chi connectivity index (χ3v) is 5.99. The molecule has 0 aliphatic carbocycles. The van der Waals surface area contributed by atoms with Gasteiger partial charge >= 0.3 is 0 Å². The third-order valence-electron chi connectivity index (χ3n) is 5.99. The Bertz CT molecular complexity index is 541. The molecule has 6 heteroatoms. The van der Waals surface area contributed by atoms with Crippen LogP contribution in [0.2, 0.25) is 0 Å². The Morgan fingerprint density at radius 2 is 2.04 bits per heavy atom. The number of nitrogens with zero attached hydrogens (tertiary/aromatic N) is 3. The van der Waals surface area contributed by atoms with Crippen molar-refractivity contribution in [2.45, 2.75) is 44.7 Å². The molecule has 1 amide bonds. The van der Waals surface area contributed by atoms with Gasteiger partial charge in [0, 0.05) is 50.8 Å². The number of rotatable bonds is 7. The molecule has 1 aromatic rings. The van der Waals surface area contributed by atoms with Gasteiger partial charge in [-0.25, -0.2) is 0 Å². The lowest BCUT2D eigenvalue weighted by Gasteiger charge is -2.41. The molecule has 26 heavy (non-hydrogen) atoms. The molecule has 3 heterocycles. The fraction of sp³-hybridized carbons (Fsp3) is 0.750. The molecule has 2 aliphatic rings. The normalized spacial score (nSPS) is 23.5. The number of carbonyl (C=O) groups excluding carboxylic acids is 1. The number of aliphatic hydroxyl groups excluding tert-OH is 1. The van der Waals surface area contributed by atoms with Gasteiger partial charge in [0.05, 0.1) is 12.5 Å². The second-order valence-corrected chi connectivity index (χ2v) is 7.89. The summed E-state index contributed by atoms with van der Waals surface area (Å²) in [5, 5.41) is 9.43. The summed E-state index contributed by atoms with van der Waals surface area (Å²) in [6.45, 7) is 5.66. The van der Waals surface area contributed by atoms with Gasteiger partial charge in [0.15, 0.2) is 0 Å². The molecule has 1 unspecified atom stereocenters. The Labute approximate surface area is 156 Å². The van der Waals surface area contributed by atoms with Crippen molar-refractivity contribution >= 4 is 5.91 Å². The molecule has 3 rings (SSSR count). The zero-order valence-corrected chi connectivity index (χ0v) is 16.0. The number of hydrogen-bond acceptors (Lipinski definition) is 5. The highest BCUT2D eigenvalue weighted by atomic mass is 16.3. The molecule has 0 saturated carbocycles. The van der Waals surface area contributed by atoms with Crippen molar-refractivity contribution in [1.29, 1.82) is 0 Å². The lowest BCUT2D eigenvalue weighted by Crippen LogP contribution is -2.54. The van der Waals surface area contributed by atoms with Crippen LogP contribution in [0.15, 0.2) is 23.0 Å². The summed E-state index contributed by atoms with van der Waals surface area (Å²) < 4.78 is 5.16. The van der Waals surface area contributed by atoms with Crippen LogP contribution in [-0.2, 0) is 11.3 Å². The number of furan rings is 1. The second-order valence-electron chi connectivity index (χ2n) is 7.89. The minimum absolute atomic E-state index is 0.157. The Morgan fingerprint density at radius 3 is 2.73 bits per heavy atom. The average molecular weight is 364 g/mol. The van der Waals surface area contributed by atoms with Crippen LogP contribution in [0.25, 0.3) is 0 Å². The number of hydrogen-bond donors (Lipinski definition) is 1. The molecule has 1 atom stereocenters. The van der Waals surface area contributed by atoms with E-state index in [2.05, 4.69) is 16.8 Å². The predicted molar refractivity (Wildman–Crippen MR) is 101 cm³/mol. The highest BCUT2D eigenvalue weighted by Gasteiger charge is 2.29. The Balaban J connectivity index is 1.47. The van der Waals surface area contributed by atoms with Crippen molar-refractivity contribution in [2.75, 3.05) is 46.4 Å². The number of carbonyl (C=O) groups is 1. The fourth-order valence-electron chi connectivity index (χ4n) is 4.20. The maximum Gasteiger partial charge on any atom is 0.222 e. The molecular weight excluding hydrogens is 330 g/mol. The van der Waals surface area contributed by atoms with E-state index in [0.717, 1.165) is 51.3 Å². The standard InChI is InChI=1S/C20H33N3O3/c1-21-8-4-17(5-9-21)2-3-20(25)23-11-10-22(19(15-23)6-12-24)14-18-7-13-26-16-18/h7,13,16-17,19,24H,2-6,8-12,14-15H2,1H3. The fourth-order valence-corrected chi connectivity index (χ4v) is 4.20. The molecule has 6 nitrogen and oxygen atoms in total. The van der Waals surface area contributed by atoms with Crippen LogP contribution in [0.3, 0.4) is 0 Å². The van der Waals surface area contributed by atoms with Gasteiger partial charge in [-0.3, -0.25) is 9.69 Å². The van der Waals surface area contributed by atoms with E-state index < -0.39 is 0 Å². The van der Waals surface area contributed by atoms with E-state index in [4.69, 9.17) is 4.42 Å². The van der Waals surface area contributed by atoms with Crippen molar-refractivity contribution in [2.24, 2.45) is 5.92 Å². The summed E-state index contributed by atoms with van der Waals surface area (Å²) in [4.78, 5) is 19.4. The van der Waals surface area contributed by atoms with Gasteiger partial charge in [0.25, 0.3) is 0 Å². The van der Waals surface area contributed by atoms with Gasteiger partial charge in [-0.1, -0.05) is 0 Å². The SMILES string of the molecule is CN1CCC(CCC(=O)N2CCN(Cc3ccoc3)C(CCO)C2)CC1.